The second kappa shape index (κ2) is 7.67. The molecule has 0 aliphatic carbocycles. The normalized spacial score (nSPS) is 11.7. The highest BCUT2D eigenvalue weighted by molar-refractivity contribution is 7.13. The highest BCUT2D eigenvalue weighted by atomic mass is 32.1. The zero-order valence-electron chi connectivity index (χ0n) is 12.1. The molecule has 6 nitrogen and oxygen atoms in total. The topological polar surface area (TPSA) is 91.3 Å². The lowest BCUT2D eigenvalue weighted by Gasteiger charge is -2.14. The van der Waals surface area contributed by atoms with Crippen LogP contribution in [0.4, 0.5) is 5.13 Å². The van der Waals surface area contributed by atoms with Crippen LogP contribution in [-0.2, 0) is 16.0 Å². The molecule has 2 aromatic rings. The Bertz CT molecular complexity index is 642. The van der Waals surface area contributed by atoms with E-state index >= 15 is 0 Å². The third-order valence-electron chi connectivity index (χ3n) is 3.17. The molecule has 0 radical (unpaired) electrons. The van der Waals surface area contributed by atoms with E-state index in [1.54, 1.807) is 10.9 Å². The summed E-state index contributed by atoms with van der Waals surface area (Å²) in [6.07, 6.45) is 0.653. The van der Waals surface area contributed by atoms with Crippen molar-refractivity contribution in [2.24, 2.45) is 0 Å². The molecule has 1 unspecified atom stereocenters. The first kappa shape index (κ1) is 16.1. The minimum Gasteiger partial charge on any atom is -0.301 e. The molecule has 1 heterocycles. The Labute approximate surface area is 132 Å². The van der Waals surface area contributed by atoms with E-state index in [2.05, 4.69) is 10.3 Å². The maximum absolute atomic E-state index is 12.4. The average Bonchev–Trinajstić information content (AvgIpc) is 2.96. The Kier molecular flexibility index (Phi) is 5.62. The van der Waals surface area contributed by atoms with Gasteiger partial charge in [0.05, 0.1) is 18.0 Å². The summed E-state index contributed by atoms with van der Waals surface area (Å²) in [7, 11) is 0. The summed E-state index contributed by atoms with van der Waals surface area (Å²) < 4.78 is 0. The van der Waals surface area contributed by atoms with Crippen molar-refractivity contribution in [3.05, 3.63) is 47.0 Å². The van der Waals surface area contributed by atoms with E-state index in [9.17, 15) is 9.59 Å². The lowest BCUT2D eigenvalue weighted by Crippen LogP contribution is -2.21. The van der Waals surface area contributed by atoms with Gasteiger partial charge in [-0.15, -0.1) is 11.3 Å². The van der Waals surface area contributed by atoms with Crippen LogP contribution >= 0.6 is 11.3 Å². The van der Waals surface area contributed by atoms with Gasteiger partial charge in [0, 0.05) is 5.38 Å². The first-order chi connectivity index (χ1) is 10.6. The molecule has 1 atom stereocenters. The van der Waals surface area contributed by atoms with Crippen LogP contribution in [0.2, 0.25) is 0 Å². The van der Waals surface area contributed by atoms with Gasteiger partial charge in [-0.2, -0.15) is 0 Å². The molecule has 0 saturated carbocycles. The Hall–Kier alpha value is -2.25. The van der Waals surface area contributed by atoms with Crippen molar-refractivity contribution >= 4 is 28.3 Å². The number of amides is 2. The lowest BCUT2D eigenvalue weighted by atomic mass is 9.96. The van der Waals surface area contributed by atoms with E-state index in [1.165, 1.54) is 11.3 Å². The molecule has 1 aromatic carbocycles. The first-order valence-electron chi connectivity index (χ1n) is 6.87. The van der Waals surface area contributed by atoms with Gasteiger partial charge in [0.1, 0.15) is 0 Å². The van der Waals surface area contributed by atoms with Crippen molar-refractivity contribution in [3.63, 3.8) is 0 Å². The molecular weight excluding hydrogens is 302 g/mol. The maximum Gasteiger partial charge on any atom is 0.249 e. The maximum atomic E-state index is 12.4. The molecule has 7 heteroatoms. The van der Waals surface area contributed by atoms with Gasteiger partial charge in [0.15, 0.2) is 5.13 Å². The second-order valence-electron chi connectivity index (χ2n) is 4.72. The third-order valence-corrected chi connectivity index (χ3v) is 3.98. The number of carbonyl (C=O) groups excluding carboxylic acids is 2. The smallest absolute Gasteiger partial charge is 0.249 e. The standard InChI is InChI=1S/C15H17N3O3S/c1-2-12(10-6-4-3-5-7-10)14(20)17-15-16-11(9-22-15)8-13(19)18-21/h3-7,9,12,21H,2,8H2,1H3,(H,18,19)(H,16,17,20). The SMILES string of the molecule is CCC(C(=O)Nc1nc(CC(=O)NO)cs1)c1ccccc1. The minimum atomic E-state index is -0.543. The number of hydrogen-bond acceptors (Lipinski definition) is 5. The molecule has 2 amide bonds. The molecule has 116 valence electrons. The van der Waals surface area contributed by atoms with Gasteiger partial charge in [-0.25, -0.2) is 10.5 Å². The monoisotopic (exact) mass is 319 g/mol. The van der Waals surface area contributed by atoms with Gasteiger partial charge in [0.25, 0.3) is 0 Å². The largest absolute Gasteiger partial charge is 0.301 e. The van der Waals surface area contributed by atoms with E-state index in [-0.39, 0.29) is 18.2 Å². The average molecular weight is 319 g/mol. The van der Waals surface area contributed by atoms with E-state index in [4.69, 9.17) is 5.21 Å². The molecule has 0 fully saturated rings. The number of anilines is 1. The zero-order chi connectivity index (χ0) is 15.9. The van der Waals surface area contributed by atoms with Crippen LogP contribution in [0, 0.1) is 0 Å². The van der Waals surface area contributed by atoms with E-state index in [0.29, 0.717) is 17.2 Å². The Morgan fingerprint density at radius 3 is 2.68 bits per heavy atom. The fraction of sp³-hybridized carbons (Fsp3) is 0.267. The highest BCUT2D eigenvalue weighted by Crippen LogP contribution is 2.23. The molecular formula is C15H17N3O3S. The van der Waals surface area contributed by atoms with Crippen molar-refractivity contribution in [1.29, 1.82) is 0 Å². The Morgan fingerprint density at radius 2 is 2.05 bits per heavy atom. The molecule has 2 rings (SSSR count). The molecule has 0 bridgehead atoms. The number of thiazole rings is 1. The predicted octanol–water partition coefficient (Wildman–Crippen LogP) is 2.32. The second-order valence-corrected chi connectivity index (χ2v) is 5.57. The van der Waals surface area contributed by atoms with Crippen molar-refractivity contribution in [3.8, 4) is 0 Å². The van der Waals surface area contributed by atoms with Crippen molar-refractivity contribution in [2.45, 2.75) is 25.7 Å². The van der Waals surface area contributed by atoms with Gasteiger partial charge < -0.3 is 5.32 Å². The summed E-state index contributed by atoms with van der Waals surface area (Å²) in [5.41, 5.74) is 3.01. The molecule has 0 aliphatic rings. The minimum absolute atomic E-state index is 0.0290. The summed E-state index contributed by atoms with van der Waals surface area (Å²) in [5, 5.41) is 13.4. The predicted molar refractivity (Wildman–Crippen MR) is 83.9 cm³/mol. The molecule has 0 aliphatic heterocycles. The van der Waals surface area contributed by atoms with E-state index in [0.717, 1.165) is 5.56 Å². The lowest BCUT2D eigenvalue weighted by molar-refractivity contribution is -0.128. The fourth-order valence-electron chi connectivity index (χ4n) is 2.10. The summed E-state index contributed by atoms with van der Waals surface area (Å²) in [5.74, 6) is -0.908. The number of aromatic nitrogens is 1. The van der Waals surface area contributed by atoms with Crippen LogP contribution in [0.3, 0.4) is 0 Å². The Balaban J connectivity index is 2.03. The molecule has 1 aromatic heterocycles. The van der Waals surface area contributed by atoms with Gasteiger partial charge in [-0.3, -0.25) is 14.8 Å². The van der Waals surface area contributed by atoms with E-state index < -0.39 is 5.91 Å². The molecule has 22 heavy (non-hydrogen) atoms. The number of carbonyl (C=O) groups is 2. The molecule has 0 saturated heterocycles. The number of hydroxylamine groups is 1. The number of rotatable bonds is 6. The van der Waals surface area contributed by atoms with Crippen molar-refractivity contribution in [2.75, 3.05) is 5.32 Å². The number of nitrogens with zero attached hydrogens (tertiary/aromatic N) is 1. The van der Waals surface area contributed by atoms with Gasteiger partial charge >= 0.3 is 0 Å². The van der Waals surface area contributed by atoms with Crippen molar-refractivity contribution < 1.29 is 14.8 Å². The zero-order valence-corrected chi connectivity index (χ0v) is 12.9. The van der Waals surface area contributed by atoms with Crippen LogP contribution in [0.25, 0.3) is 0 Å². The molecule has 0 spiro atoms. The number of benzene rings is 1. The van der Waals surface area contributed by atoms with E-state index in [1.807, 2.05) is 37.3 Å². The highest BCUT2D eigenvalue weighted by Gasteiger charge is 2.19. The van der Waals surface area contributed by atoms with Crippen LogP contribution in [-0.4, -0.2) is 22.0 Å². The summed E-state index contributed by atoms with van der Waals surface area (Å²) in [6.45, 7) is 1.95. The fourth-order valence-corrected chi connectivity index (χ4v) is 2.81. The molecule has 3 N–H and O–H groups in total. The number of nitrogens with one attached hydrogen (secondary N) is 2. The first-order valence-corrected chi connectivity index (χ1v) is 7.75. The summed E-state index contributed by atoms with van der Waals surface area (Å²) in [6, 6.07) is 9.56. The van der Waals surface area contributed by atoms with Crippen LogP contribution in [0.1, 0.15) is 30.5 Å². The van der Waals surface area contributed by atoms with Crippen LogP contribution < -0.4 is 10.8 Å². The van der Waals surface area contributed by atoms with Gasteiger partial charge in [0.2, 0.25) is 11.8 Å². The summed E-state index contributed by atoms with van der Waals surface area (Å²) >= 11 is 1.25. The summed E-state index contributed by atoms with van der Waals surface area (Å²) in [4.78, 5) is 27.6. The van der Waals surface area contributed by atoms with Crippen LogP contribution in [0.15, 0.2) is 35.7 Å². The van der Waals surface area contributed by atoms with Crippen molar-refractivity contribution in [1.82, 2.24) is 10.5 Å². The van der Waals surface area contributed by atoms with Crippen LogP contribution in [0.5, 0.6) is 0 Å². The van der Waals surface area contributed by atoms with Gasteiger partial charge in [-0.1, -0.05) is 37.3 Å². The Morgan fingerprint density at radius 1 is 1.32 bits per heavy atom. The third kappa shape index (κ3) is 4.12. The van der Waals surface area contributed by atoms with Gasteiger partial charge in [-0.05, 0) is 12.0 Å². The number of hydrogen-bond donors (Lipinski definition) is 3. The quantitative estimate of drug-likeness (QED) is 0.563.